The van der Waals surface area contributed by atoms with Crippen molar-refractivity contribution in [3.05, 3.63) is 35.4 Å². The second-order valence-electron chi connectivity index (χ2n) is 10.2. The molecule has 1 N–H and O–H groups in total. The van der Waals surface area contributed by atoms with Crippen molar-refractivity contribution in [1.29, 1.82) is 0 Å². The second-order valence-corrected chi connectivity index (χ2v) is 10.2. The lowest BCUT2D eigenvalue weighted by atomic mass is 9.94. The molecule has 178 valence electrons. The van der Waals surface area contributed by atoms with Crippen molar-refractivity contribution in [2.24, 2.45) is 4.99 Å². The molecular formula is C26H42N4O2. The molecule has 0 radical (unpaired) electrons. The van der Waals surface area contributed by atoms with Gasteiger partial charge in [0, 0.05) is 51.9 Å². The van der Waals surface area contributed by atoms with Crippen LogP contribution < -0.4 is 5.32 Å². The highest BCUT2D eigenvalue weighted by Gasteiger charge is 2.31. The number of benzene rings is 1. The molecule has 3 aliphatic rings. The standard InChI is InChI=1S/C26H42N4O2/c1-26(2,30-16-11-21-8-4-5-9-22(21)18-30)20-28-25(27-3)29-14-12-23(13-15-29)32-19-24-10-6-7-17-31-24/h4-5,8-9,23-24H,6-7,10-20H2,1-3H3,(H,27,28). The predicted molar refractivity (Wildman–Crippen MR) is 130 cm³/mol. The van der Waals surface area contributed by atoms with Crippen LogP contribution in [0.3, 0.4) is 0 Å². The van der Waals surface area contributed by atoms with E-state index in [-0.39, 0.29) is 5.54 Å². The molecule has 1 atom stereocenters. The smallest absolute Gasteiger partial charge is 0.193 e. The molecule has 0 aliphatic carbocycles. The largest absolute Gasteiger partial charge is 0.376 e. The Balaban J connectivity index is 1.22. The fraction of sp³-hybridized carbons (Fsp3) is 0.731. The van der Waals surface area contributed by atoms with E-state index in [1.165, 1.54) is 24.0 Å². The number of piperidine rings is 1. The van der Waals surface area contributed by atoms with E-state index in [1.807, 2.05) is 7.05 Å². The van der Waals surface area contributed by atoms with Crippen molar-refractivity contribution >= 4 is 5.96 Å². The van der Waals surface area contributed by atoms with Crippen molar-refractivity contribution < 1.29 is 9.47 Å². The molecule has 0 saturated carbocycles. The molecule has 0 aromatic heterocycles. The van der Waals surface area contributed by atoms with Crippen LogP contribution >= 0.6 is 0 Å². The van der Waals surface area contributed by atoms with E-state index in [1.54, 1.807) is 0 Å². The topological polar surface area (TPSA) is 49.3 Å². The van der Waals surface area contributed by atoms with Crippen molar-refractivity contribution in [3.8, 4) is 0 Å². The average Bonchev–Trinajstić information content (AvgIpc) is 2.84. The first-order valence-electron chi connectivity index (χ1n) is 12.6. The minimum absolute atomic E-state index is 0.0604. The van der Waals surface area contributed by atoms with Crippen LogP contribution in [0.4, 0.5) is 0 Å². The van der Waals surface area contributed by atoms with Gasteiger partial charge in [-0.1, -0.05) is 24.3 Å². The van der Waals surface area contributed by atoms with Gasteiger partial charge in [-0.25, -0.2) is 0 Å². The summed E-state index contributed by atoms with van der Waals surface area (Å²) < 4.78 is 12.0. The zero-order valence-corrected chi connectivity index (χ0v) is 20.3. The molecule has 0 bridgehead atoms. The molecule has 32 heavy (non-hydrogen) atoms. The van der Waals surface area contributed by atoms with E-state index in [0.717, 1.165) is 77.6 Å². The number of aliphatic imine (C=N–C) groups is 1. The fourth-order valence-corrected chi connectivity index (χ4v) is 5.17. The Hall–Kier alpha value is -1.63. The van der Waals surface area contributed by atoms with Crippen LogP contribution in [0.25, 0.3) is 0 Å². The van der Waals surface area contributed by atoms with Crippen LogP contribution in [0.2, 0.25) is 0 Å². The molecule has 0 amide bonds. The molecule has 2 saturated heterocycles. The van der Waals surface area contributed by atoms with Gasteiger partial charge in [0.15, 0.2) is 5.96 Å². The monoisotopic (exact) mass is 442 g/mol. The lowest BCUT2D eigenvalue weighted by Gasteiger charge is -2.43. The first-order valence-corrected chi connectivity index (χ1v) is 12.6. The summed E-state index contributed by atoms with van der Waals surface area (Å²) in [7, 11) is 1.90. The highest BCUT2D eigenvalue weighted by molar-refractivity contribution is 5.80. The van der Waals surface area contributed by atoms with Crippen molar-refractivity contribution in [1.82, 2.24) is 15.1 Å². The SMILES string of the molecule is CN=C(NCC(C)(C)N1CCc2ccccc2C1)N1CCC(OCC2CCCCO2)CC1. The Kier molecular flexibility index (Phi) is 8.08. The Morgan fingerprint density at radius 2 is 1.91 bits per heavy atom. The molecule has 2 fully saturated rings. The summed E-state index contributed by atoms with van der Waals surface area (Å²) in [6, 6.07) is 8.86. The zero-order valence-electron chi connectivity index (χ0n) is 20.3. The first-order chi connectivity index (χ1) is 15.5. The van der Waals surface area contributed by atoms with Gasteiger partial charge in [-0.05, 0) is 63.5 Å². The van der Waals surface area contributed by atoms with E-state index in [2.05, 4.69) is 58.2 Å². The minimum atomic E-state index is 0.0604. The molecule has 6 heteroatoms. The fourth-order valence-electron chi connectivity index (χ4n) is 5.17. The molecule has 4 rings (SSSR count). The number of ether oxygens (including phenoxy) is 2. The zero-order chi connectivity index (χ0) is 22.4. The van der Waals surface area contributed by atoms with Crippen molar-refractivity contribution in [3.63, 3.8) is 0 Å². The second kappa shape index (κ2) is 11.0. The summed E-state index contributed by atoms with van der Waals surface area (Å²) in [4.78, 5) is 9.58. The van der Waals surface area contributed by atoms with Crippen molar-refractivity contribution in [2.45, 2.75) is 76.7 Å². The van der Waals surface area contributed by atoms with Crippen LogP contribution in [0.15, 0.2) is 29.3 Å². The molecule has 1 aromatic carbocycles. The van der Waals surface area contributed by atoms with Gasteiger partial charge < -0.3 is 19.7 Å². The Morgan fingerprint density at radius 1 is 1.12 bits per heavy atom. The summed E-state index contributed by atoms with van der Waals surface area (Å²) in [6.45, 7) is 11.3. The molecule has 6 nitrogen and oxygen atoms in total. The van der Waals surface area contributed by atoms with Gasteiger partial charge >= 0.3 is 0 Å². The predicted octanol–water partition coefficient (Wildman–Crippen LogP) is 3.45. The number of nitrogens with zero attached hydrogens (tertiary/aromatic N) is 3. The summed E-state index contributed by atoms with van der Waals surface area (Å²) in [5.41, 5.74) is 3.03. The maximum Gasteiger partial charge on any atom is 0.193 e. The normalized spacial score (nSPS) is 23.8. The number of nitrogens with one attached hydrogen (secondary N) is 1. The summed E-state index contributed by atoms with van der Waals surface area (Å²) in [5.74, 6) is 1.02. The van der Waals surface area contributed by atoms with E-state index in [9.17, 15) is 0 Å². The number of likely N-dealkylation sites (tertiary alicyclic amines) is 1. The molecule has 1 aromatic rings. The Bertz CT molecular complexity index is 752. The lowest BCUT2D eigenvalue weighted by Crippen LogP contribution is -2.56. The van der Waals surface area contributed by atoms with Crippen LogP contribution in [-0.2, 0) is 22.4 Å². The number of rotatable bonds is 6. The van der Waals surface area contributed by atoms with Crippen LogP contribution in [0, 0.1) is 0 Å². The van der Waals surface area contributed by atoms with Gasteiger partial charge in [0.05, 0.1) is 18.8 Å². The van der Waals surface area contributed by atoms with Crippen LogP contribution in [0.5, 0.6) is 0 Å². The third kappa shape index (κ3) is 6.03. The van der Waals surface area contributed by atoms with Crippen LogP contribution in [0.1, 0.15) is 57.1 Å². The van der Waals surface area contributed by atoms with Gasteiger partial charge in [0.1, 0.15) is 0 Å². The van der Waals surface area contributed by atoms with E-state index < -0.39 is 0 Å². The van der Waals surface area contributed by atoms with Gasteiger partial charge in [0.25, 0.3) is 0 Å². The highest BCUT2D eigenvalue weighted by atomic mass is 16.5. The summed E-state index contributed by atoms with van der Waals surface area (Å²) in [5, 5.41) is 3.67. The first kappa shape index (κ1) is 23.5. The number of hydrogen-bond acceptors (Lipinski definition) is 4. The lowest BCUT2D eigenvalue weighted by molar-refractivity contribution is -0.0721. The van der Waals surface area contributed by atoms with Gasteiger partial charge in [-0.3, -0.25) is 9.89 Å². The summed E-state index contributed by atoms with van der Waals surface area (Å²) >= 11 is 0. The van der Waals surface area contributed by atoms with Gasteiger partial charge in [-0.15, -0.1) is 0 Å². The molecular weight excluding hydrogens is 400 g/mol. The maximum absolute atomic E-state index is 6.19. The number of fused-ring (bicyclic) bond motifs is 1. The third-order valence-electron chi connectivity index (χ3n) is 7.41. The number of guanidine groups is 1. The van der Waals surface area contributed by atoms with E-state index >= 15 is 0 Å². The molecule has 1 unspecified atom stereocenters. The van der Waals surface area contributed by atoms with Gasteiger partial charge in [0.2, 0.25) is 0 Å². The molecule has 3 aliphatic heterocycles. The quantitative estimate of drug-likeness (QED) is 0.540. The third-order valence-corrected chi connectivity index (χ3v) is 7.41. The van der Waals surface area contributed by atoms with E-state index in [4.69, 9.17) is 9.47 Å². The van der Waals surface area contributed by atoms with Gasteiger partial charge in [-0.2, -0.15) is 0 Å². The van der Waals surface area contributed by atoms with Crippen LogP contribution in [-0.4, -0.2) is 79.9 Å². The van der Waals surface area contributed by atoms with E-state index in [0.29, 0.717) is 12.2 Å². The minimum Gasteiger partial charge on any atom is -0.376 e. The van der Waals surface area contributed by atoms with Crippen molar-refractivity contribution in [2.75, 3.05) is 46.4 Å². The Labute approximate surface area is 194 Å². The molecule has 0 spiro atoms. The highest BCUT2D eigenvalue weighted by Crippen LogP contribution is 2.25. The average molecular weight is 443 g/mol. The summed E-state index contributed by atoms with van der Waals surface area (Å²) in [6.07, 6.45) is 7.51. The number of hydrogen-bond donors (Lipinski definition) is 1. The molecule has 3 heterocycles. The Morgan fingerprint density at radius 3 is 2.62 bits per heavy atom. The maximum atomic E-state index is 6.19.